The number of aliphatic carboxylic acids is 1. The minimum atomic E-state index is -0.762. The Morgan fingerprint density at radius 1 is 1.27 bits per heavy atom. The number of hydrogen-bond donors (Lipinski definition) is 2. The predicted molar refractivity (Wildman–Crippen MR) is 86.7 cm³/mol. The van der Waals surface area contributed by atoms with Crippen LogP contribution in [0.4, 0.5) is 0 Å². The Bertz CT molecular complexity index is 499. The Kier molecular flexibility index (Phi) is 6.68. The first-order valence-corrected chi connectivity index (χ1v) is 7.48. The largest absolute Gasteiger partial charge is 0.493 e. The Balaban J connectivity index is 2.52. The zero-order valence-corrected chi connectivity index (χ0v) is 14.1. The monoisotopic (exact) mass is 309 g/mol. The van der Waals surface area contributed by atoms with E-state index in [9.17, 15) is 4.79 Å². The van der Waals surface area contributed by atoms with Crippen LogP contribution in [-0.2, 0) is 11.2 Å². The summed E-state index contributed by atoms with van der Waals surface area (Å²) < 4.78 is 10.5. The average molecular weight is 309 g/mol. The zero-order valence-electron chi connectivity index (χ0n) is 14.1. The van der Waals surface area contributed by atoms with Crippen molar-refractivity contribution in [1.82, 2.24) is 5.32 Å². The van der Waals surface area contributed by atoms with Crippen LogP contribution >= 0.6 is 0 Å². The Labute approximate surface area is 132 Å². The van der Waals surface area contributed by atoms with E-state index in [0.29, 0.717) is 13.0 Å². The molecule has 5 nitrogen and oxygen atoms in total. The highest BCUT2D eigenvalue weighted by Gasteiger charge is 2.26. The van der Waals surface area contributed by atoms with E-state index in [-0.39, 0.29) is 6.04 Å². The SMILES string of the molecule is COc1ccc(CC(C)NCCC(C)(C)C(=O)O)cc1OC. The fraction of sp³-hybridized carbons (Fsp3) is 0.588. The van der Waals surface area contributed by atoms with E-state index in [4.69, 9.17) is 14.6 Å². The molecule has 5 heteroatoms. The van der Waals surface area contributed by atoms with Crippen molar-refractivity contribution >= 4 is 5.97 Å². The standard InChI is InChI=1S/C17H27NO4/c1-12(18-9-8-17(2,3)16(19)20)10-13-6-7-14(21-4)15(11-13)22-5/h6-7,11-12,18H,8-10H2,1-5H3,(H,19,20). The van der Waals surface area contributed by atoms with Gasteiger partial charge < -0.3 is 19.9 Å². The molecule has 1 unspecified atom stereocenters. The minimum absolute atomic E-state index is 0.252. The first-order chi connectivity index (χ1) is 10.3. The molecule has 124 valence electrons. The summed E-state index contributed by atoms with van der Waals surface area (Å²) in [4.78, 5) is 11.1. The van der Waals surface area contributed by atoms with E-state index >= 15 is 0 Å². The molecular formula is C17H27NO4. The normalized spacial score (nSPS) is 12.8. The number of carboxylic acid groups (broad SMARTS) is 1. The van der Waals surface area contributed by atoms with Gasteiger partial charge in [-0.05, 0) is 57.9 Å². The number of carbonyl (C=O) groups is 1. The van der Waals surface area contributed by atoms with Crippen molar-refractivity contribution in [2.24, 2.45) is 5.41 Å². The summed E-state index contributed by atoms with van der Waals surface area (Å²) in [6, 6.07) is 6.13. The second-order valence-electron chi connectivity index (χ2n) is 6.19. The molecule has 0 fully saturated rings. The van der Waals surface area contributed by atoms with E-state index in [1.807, 2.05) is 18.2 Å². The van der Waals surface area contributed by atoms with Gasteiger partial charge in [0.05, 0.1) is 19.6 Å². The number of methoxy groups -OCH3 is 2. The number of hydrogen-bond acceptors (Lipinski definition) is 4. The summed E-state index contributed by atoms with van der Waals surface area (Å²) in [6.07, 6.45) is 1.44. The number of ether oxygens (including phenoxy) is 2. The number of nitrogens with one attached hydrogen (secondary N) is 1. The highest BCUT2D eigenvalue weighted by Crippen LogP contribution is 2.28. The predicted octanol–water partition coefficient (Wildman–Crippen LogP) is 2.73. The summed E-state index contributed by atoms with van der Waals surface area (Å²) in [6.45, 7) is 6.25. The lowest BCUT2D eigenvalue weighted by Gasteiger charge is -2.21. The van der Waals surface area contributed by atoms with Crippen molar-refractivity contribution in [3.8, 4) is 11.5 Å². The topological polar surface area (TPSA) is 67.8 Å². The van der Waals surface area contributed by atoms with Gasteiger partial charge in [0.1, 0.15) is 0 Å². The van der Waals surface area contributed by atoms with Crippen LogP contribution in [0, 0.1) is 5.41 Å². The molecule has 22 heavy (non-hydrogen) atoms. The van der Waals surface area contributed by atoms with Crippen molar-refractivity contribution in [3.05, 3.63) is 23.8 Å². The molecule has 0 aromatic heterocycles. The van der Waals surface area contributed by atoms with Gasteiger partial charge in [-0.1, -0.05) is 6.07 Å². The number of rotatable bonds is 9. The first-order valence-electron chi connectivity index (χ1n) is 7.48. The Morgan fingerprint density at radius 2 is 1.91 bits per heavy atom. The van der Waals surface area contributed by atoms with E-state index < -0.39 is 11.4 Å². The van der Waals surface area contributed by atoms with E-state index in [1.54, 1.807) is 28.1 Å². The third kappa shape index (κ3) is 5.22. The van der Waals surface area contributed by atoms with Crippen molar-refractivity contribution in [3.63, 3.8) is 0 Å². The maximum absolute atomic E-state index is 11.1. The molecule has 2 N–H and O–H groups in total. The summed E-state index contributed by atoms with van der Waals surface area (Å²) in [5, 5.41) is 12.5. The van der Waals surface area contributed by atoms with Gasteiger partial charge in [0, 0.05) is 6.04 Å². The average Bonchev–Trinajstić information content (AvgIpc) is 2.46. The molecule has 1 aromatic carbocycles. The maximum Gasteiger partial charge on any atom is 0.309 e. The molecular weight excluding hydrogens is 282 g/mol. The number of carboxylic acids is 1. The summed E-state index contributed by atoms with van der Waals surface area (Å²) in [5.74, 6) is 0.677. The van der Waals surface area contributed by atoms with Crippen LogP contribution in [0.2, 0.25) is 0 Å². The molecule has 0 heterocycles. The quantitative estimate of drug-likeness (QED) is 0.734. The summed E-state index contributed by atoms with van der Waals surface area (Å²) in [7, 11) is 3.24. The van der Waals surface area contributed by atoms with Gasteiger partial charge in [-0.25, -0.2) is 0 Å². The van der Waals surface area contributed by atoms with Crippen molar-refractivity contribution in [2.75, 3.05) is 20.8 Å². The van der Waals surface area contributed by atoms with Crippen molar-refractivity contribution in [2.45, 2.75) is 39.7 Å². The van der Waals surface area contributed by atoms with Crippen molar-refractivity contribution < 1.29 is 19.4 Å². The van der Waals surface area contributed by atoms with Crippen LogP contribution in [0.1, 0.15) is 32.8 Å². The molecule has 0 aliphatic carbocycles. The zero-order chi connectivity index (χ0) is 16.8. The molecule has 0 aliphatic heterocycles. The van der Waals surface area contributed by atoms with Gasteiger partial charge in [0.2, 0.25) is 0 Å². The fourth-order valence-electron chi connectivity index (χ4n) is 2.17. The van der Waals surface area contributed by atoms with Crippen LogP contribution in [-0.4, -0.2) is 37.9 Å². The molecule has 0 saturated heterocycles. The lowest BCUT2D eigenvalue weighted by Crippen LogP contribution is -2.34. The molecule has 1 atom stereocenters. The summed E-state index contributed by atoms with van der Waals surface area (Å²) in [5.41, 5.74) is 0.450. The lowest BCUT2D eigenvalue weighted by molar-refractivity contribution is -0.147. The Morgan fingerprint density at radius 3 is 2.45 bits per heavy atom. The second kappa shape index (κ2) is 8.03. The van der Waals surface area contributed by atoms with Gasteiger partial charge in [0.15, 0.2) is 11.5 Å². The molecule has 0 saturated carbocycles. The van der Waals surface area contributed by atoms with Crippen LogP contribution in [0.15, 0.2) is 18.2 Å². The minimum Gasteiger partial charge on any atom is -0.493 e. The van der Waals surface area contributed by atoms with Crippen LogP contribution in [0.5, 0.6) is 11.5 Å². The first kappa shape index (κ1) is 18.3. The molecule has 0 bridgehead atoms. The van der Waals surface area contributed by atoms with Gasteiger partial charge >= 0.3 is 5.97 Å². The van der Waals surface area contributed by atoms with Gasteiger partial charge in [-0.2, -0.15) is 0 Å². The highest BCUT2D eigenvalue weighted by atomic mass is 16.5. The summed E-state index contributed by atoms with van der Waals surface area (Å²) >= 11 is 0. The fourth-order valence-corrected chi connectivity index (χ4v) is 2.17. The molecule has 0 radical (unpaired) electrons. The van der Waals surface area contributed by atoms with E-state index in [2.05, 4.69) is 12.2 Å². The van der Waals surface area contributed by atoms with E-state index in [0.717, 1.165) is 23.5 Å². The smallest absolute Gasteiger partial charge is 0.309 e. The molecule has 0 amide bonds. The third-order valence-corrected chi connectivity index (χ3v) is 3.81. The molecule has 1 rings (SSSR count). The highest BCUT2D eigenvalue weighted by molar-refractivity contribution is 5.73. The lowest BCUT2D eigenvalue weighted by atomic mass is 9.89. The Hall–Kier alpha value is -1.75. The van der Waals surface area contributed by atoms with Crippen LogP contribution in [0.25, 0.3) is 0 Å². The van der Waals surface area contributed by atoms with Gasteiger partial charge in [0.25, 0.3) is 0 Å². The molecule has 0 spiro atoms. The van der Waals surface area contributed by atoms with E-state index in [1.165, 1.54) is 0 Å². The van der Waals surface area contributed by atoms with Crippen LogP contribution < -0.4 is 14.8 Å². The second-order valence-corrected chi connectivity index (χ2v) is 6.19. The molecule has 1 aromatic rings. The van der Waals surface area contributed by atoms with Crippen LogP contribution in [0.3, 0.4) is 0 Å². The maximum atomic E-state index is 11.1. The van der Waals surface area contributed by atoms with Gasteiger partial charge in [-0.3, -0.25) is 4.79 Å². The number of benzene rings is 1. The molecule has 0 aliphatic rings. The van der Waals surface area contributed by atoms with Gasteiger partial charge in [-0.15, -0.1) is 0 Å². The van der Waals surface area contributed by atoms with Crippen molar-refractivity contribution in [1.29, 1.82) is 0 Å². The third-order valence-electron chi connectivity index (χ3n) is 3.81.